The molecule has 0 amide bonds. The van der Waals surface area contributed by atoms with Crippen molar-refractivity contribution >= 4 is 27.5 Å². The predicted molar refractivity (Wildman–Crippen MR) is 125 cm³/mol. The van der Waals surface area contributed by atoms with Gasteiger partial charge in [0.2, 0.25) is 6.79 Å². The Morgan fingerprint density at radius 1 is 1.18 bits per heavy atom. The van der Waals surface area contributed by atoms with Crippen LogP contribution in [0.1, 0.15) is 60.4 Å². The number of aromatic nitrogens is 2. The first-order valence-corrected chi connectivity index (χ1v) is 12.6. The Kier molecular flexibility index (Phi) is 5.22. The second kappa shape index (κ2) is 8.25. The van der Waals surface area contributed by atoms with Gasteiger partial charge in [0, 0.05) is 29.0 Å². The molecule has 172 valence electrons. The van der Waals surface area contributed by atoms with Gasteiger partial charge in [-0.2, -0.15) is 0 Å². The minimum atomic E-state index is -1.00. The summed E-state index contributed by atoms with van der Waals surface area (Å²) in [7, 11) is 0. The molecular formula is C25H27N3O4S. The van der Waals surface area contributed by atoms with Crippen LogP contribution in [0.2, 0.25) is 0 Å². The lowest BCUT2D eigenvalue weighted by Crippen LogP contribution is -2.45. The third-order valence-electron chi connectivity index (χ3n) is 7.42. The number of ether oxygens (including phenoxy) is 2. The summed E-state index contributed by atoms with van der Waals surface area (Å²) in [5.41, 5.74) is 1.51. The van der Waals surface area contributed by atoms with Crippen molar-refractivity contribution in [2.75, 3.05) is 6.79 Å². The molecule has 2 aliphatic carbocycles. The van der Waals surface area contributed by atoms with Gasteiger partial charge in [0.25, 0.3) is 0 Å². The Morgan fingerprint density at radius 2 is 2.00 bits per heavy atom. The van der Waals surface area contributed by atoms with Gasteiger partial charge in [0.1, 0.15) is 16.1 Å². The summed E-state index contributed by atoms with van der Waals surface area (Å²) < 4.78 is 10.8. The van der Waals surface area contributed by atoms with Crippen molar-refractivity contribution in [3.8, 4) is 11.5 Å². The molecule has 0 saturated heterocycles. The highest BCUT2D eigenvalue weighted by atomic mass is 32.1. The van der Waals surface area contributed by atoms with Gasteiger partial charge in [-0.1, -0.05) is 6.07 Å². The number of hydrogen-bond acceptors (Lipinski definition) is 7. The standard InChI is InChI=1S/C25H27N3O4S/c29-24(30)25(23-27-13-18-17-3-1-2-4-21(17)33-22(18)28-23)9-7-16(8-10-25)26-12-15-5-6-19-20(11-15)32-14-31-19/h5-6,11,13,16,26H,1-4,7-10,12,14H2,(H,29,30). The first-order chi connectivity index (χ1) is 16.1. The van der Waals surface area contributed by atoms with E-state index in [0.29, 0.717) is 25.2 Å². The highest BCUT2D eigenvalue weighted by Gasteiger charge is 2.46. The largest absolute Gasteiger partial charge is 0.480 e. The first kappa shape index (κ1) is 20.9. The lowest BCUT2D eigenvalue weighted by Gasteiger charge is -2.36. The van der Waals surface area contributed by atoms with Gasteiger partial charge in [-0.05, 0) is 74.6 Å². The molecule has 0 spiro atoms. The summed E-state index contributed by atoms with van der Waals surface area (Å²) >= 11 is 1.73. The topological polar surface area (TPSA) is 93.6 Å². The monoisotopic (exact) mass is 465 g/mol. The van der Waals surface area contributed by atoms with Crippen LogP contribution in [0.25, 0.3) is 10.2 Å². The average Bonchev–Trinajstić information content (AvgIpc) is 3.46. The smallest absolute Gasteiger partial charge is 0.317 e. The zero-order chi connectivity index (χ0) is 22.4. The molecule has 1 aromatic carbocycles. The van der Waals surface area contributed by atoms with Gasteiger partial charge in [-0.15, -0.1) is 11.3 Å². The highest BCUT2D eigenvalue weighted by Crippen LogP contribution is 2.41. The first-order valence-electron chi connectivity index (χ1n) is 11.8. The van der Waals surface area contributed by atoms with Crippen molar-refractivity contribution in [1.82, 2.24) is 15.3 Å². The van der Waals surface area contributed by atoms with E-state index in [2.05, 4.69) is 10.3 Å². The van der Waals surface area contributed by atoms with E-state index in [9.17, 15) is 9.90 Å². The minimum absolute atomic E-state index is 0.265. The van der Waals surface area contributed by atoms with E-state index < -0.39 is 11.4 Å². The zero-order valence-electron chi connectivity index (χ0n) is 18.4. The summed E-state index contributed by atoms with van der Waals surface area (Å²) in [6.07, 6.45) is 9.13. The highest BCUT2D eigenvalue weighted by molar-refractivity contribution is 7.18. The lowest BCUT2D eigenvalue weighted by molar-refractivity contribution is -0.145. The fourth-order valence-corrected chi connectivity index (χ4v) is 6.67. The predicted octanol–water partition coefficient (Wildman–Crippen LogP) is 4.35. The third-order valence-corrected chi connectivity index (χ3v) is 8.63. The molecule has 3 aliphatic rings. The molecule has 7 nitrogen and oxygen atoms in total. The number of thiophene rings is 1. The van der Waals surface area contributed by atoms with Crippen molar-refractivity contribution in [3.05, 3.63) is 46.2 Å². The quantitative estimate of drug-likeness (QED) is 0.578. The van der Waals surface area contributed by atoms with Gasteiger partial charge in [0.05, 0.1) is 0 Å². The summed E-state index contributed by atoms with van der Waals surface area (Å²) in [6, 6.07) is 6.24. The molecule has 0 bridgehead atoms. The number of aliphatic carboxylic acids is 1. The number of hydrogen-bond donors (Lipinski definition) is 2. The van der Waals surface area contributed by atoms with Gasteiger partial charge in [-0.3, -0.25) is 4.79 Å². The van der Waals surface area contributed by atoms with Crippen molar-refractivity contribution in [1.29, 1.82) is 0 Å². The fourth-order valence-electron chi connectivity index (χ4n) is 5.43. The van der Waals surface area contributed by atoms with E-state index in [1.165, 1.54) is 23.3 Å². The normalized spacial score (nSPS) is 24.1. The molecular weight excluding hydrogens is 438 g/mol. The molecule has 2 N–H and O–H groups in total. The second-order valence-corrected chi connectivity index (χ2v) is 10.4. The molecule has 1 aliphatic heterocycles. The van der Waals surface area contributed by atoms with E-state index in [0.717, 1.165) is 53.0 Å². The van der Waals surface area contributed by atoms with Crippen molar-refractivity contribution in [2.45, 2.75) is 69.4 Å². The SMILES string of the molecule is O=C(O)C1(c2ncc3c4c(sc3n2)CCCC4)CCC(NCc2ccc3c(c2)OCO3)CC1. The number of aryl methyl sites for hydroxylation is 2. The Balaban J connectivity index is 1.17. The molecule has 8 heteroatoms. The van der Waals surface area contributed by atoms with Crippen LogP contribution < -0.4 is 14.8 Å². The summed E-state index contributed by atoms with van der Waals surface area (Å²) in [5.74, 6) is 1.24. The van der Waals surface area contributed by atoms with Crippen LogP contribution in [0.15, 0.2) is 24.4 Å². The number of carboxylic acids is 1. The van der Waals surface area contributed by atoms with Gasteiger partial charge >= 0.3 is 5.97 Å². The van der Waals surface area contributed by atoms with Gasteiger partial charge < -0.3 is 19.9 Å². The number of carbonyl (C=O) groups is 1. The zero-order valence-corrected chi connectivity index (χ0v) is 19.2. The molecule has 33 heavy (non-hydrogen) atoms. The maximum atomic E-state index is 12.5. The number of carboxylic acid groups (broad SMARTS) is 1. The van der Waals surface area contributed by atoms with Gasteiger partial charge in [-0.25, -0.2) is 9.97 Å². The average molecular weight is 466 g/mol. The molecule has 0 unspecified atom stereocenters. The van der Waals surface area contributed by atoms with E-state index in [1.54, 1.807) is 11.3 Å². The van der Waals surface area contributed by atoms with E-state index in [4.69, 9.17) is 14.5 Å². The number of nitrogens with one attached hydrogen (secondary N) is 1. The summed E-state index contributed by atoms with van der Waals surface area (Å²) in [6.45, 7) is 0.985. The van der Waals surface area contributed by atoms with Crippen LogP contribution in [0, 0.1) is 0 Å². The number of fused-ring (bicyclic) bond motifs is 4. The van der Waals surface area contributed by atoms with Crippen LogP contribution in [0.5, 0.6) is 11.5 Å². The van der Waals surface area contributed by atoms with E-state index >= 15 is 0 Å². The molecule has 3 heterocycles. The summed E-state index contributed by atoms with van der Waals surface area (Å²) in [4.78, 5) is 24.3. The molecule has 3 aromatic rings. The Hall–Kier alpha value is -2.71. The maximum Gasteiger partial charge on any atom is 0.317 e. The van der Waals surface area contributed by atoms with Crippen LogP contribution >= 0.6 is 11.3 Å². The maximum absolute atomic E-state index is 12.5. The Morgan fingerprint density at radius 3 is 2.85 bits per heavy atom. The van der Waals surface area contributed by atoms with E-state index in [1.807, 2.05) is 24.4 Å². The minimum Gasteiger partial charge on any atom is -0.480 e. The second-order valence-electron chi connectivity index (χ2n) is 9.35. The lowest BCUT2D eigenvalue weighted by atomic mass is 9.71. The molecule has 0 radical (unpaired) electrons. The number of rotatable bonds is 5. The van der Waals surface area contributed by atoms with Crippen LogP contribution in [-0.4, -0.2) is 33.9 Å². The number of benzene rings is 1. The van der Waals surface area contributed by atoms with Crippen molar-refractivity contribution in [3.63, 3.8) is 0 Å². The van der Waals surface area contributed by atoms with E-state index in [-0.39, 0.29) is 12.8 Å². The number of nitrogens with zero attached hydrogens (tertiary/aromatic N) is 2. The molecule has 2 aromatic heterocycles. The molecule has 6 rings (SSSR count). The van der Waals surface area contributed by atoms with Crippen LogP contribution in [0.3, 0.4) is 0 Å². The third kappa shape index (κ3) is 3.65. The fraction of sp³-hybridized carbons (Fsp3) is 0.480. The Labute approximate surface area is 196 Å². The van der Waals surface area contributed by atoms with Crippen molar-refractivity contribution < 1.29 is 19.4 Å². The van der Waals surface area contributed by atoms with Crippen LogP contribution in [0.4, 0.5) is 0 Å². The van der Waals surface area contributed by atoms with Crippen molar-refractivity contribution in [2.24, 2.45) is 0 Å². The molecule has 0 atom stereocenters. The van der Waals surface area contributed by atoms with Gasteiger partial charge in [0.15, 0.2) is 11.5 Å². The molecule has 1 saturated carbocycles. The Bertz CT molecular complexity index is 1220. The molecule has 1 fully saturated rings. The van der Waals surface area contributed by atoms with Crippen LogP contribution in [-0.2, 0) is 29.6 Å². The summed E-state index contributed by atoms with van der Waals surface area (Å²) in [5, 5.41) is 15.0.